The van der Waals surface area contributed by atoms with Gasteiger partial charge in [0.1, 0.15) is 0 Å². The lowest BCUT2D eigenvalue weighted by atomic mass is 10.0. The minimum absolute atomic E-state index is 0.0570. The smallest absolute Gasteiger partial charge is 0.254 e. The first-order valence-electron chi connectivity index (χ1n) is 7.25. The molecule has 112 valence electrons. The van der Waals surface area contributed by atoms with E-state index in [1.165, 1.54) is 0 Å². The van der Waals surface area contributed by atoms with Crippen LogP contribution in [0.3, 0.4) is 0 Å². The molecule has 4 heteroatoms. The van der Waals surface area contributed by atoms with Gasteiger partial charge < -0.3 is 4.90 Å². The number of nitriles is 1. The number of aromatic nitrogens is 1. The zero-order valence-corrected chi connectivity index (χ0v) is 12.9. The summed E-state index contributed by atoms with van der Waals surface area (Å²) in [6.45, 7) is 4.75. The summed E-state index contributed by atoms with van der Waals surface area (Å²) in [5, 5.41) is 8.82. The summed E-state index contributed by atoms with van der Waals surface area (Å²) in [6, 6.07) is 13.5. The van der Waals surface area contributed by atoms with Crippen LogP contribution >= 0.6 is 0 Å². The summed E-state index contributed by atoms with van der Waals surface area (Å²) in [6.07, 6.45) is 2.02. The van der Waals surface area contributed by atoms with E-state index >= 15 is 0 Å². The third-order valence-electron chi connectivity index (χ3n) is 3.47. The van der Waals surface area contributed by atoms with Crippen LogP contribution in [0.4, 0.5) is 0 Å². The molecule has 1 heterocycles. The molecule has 0 unspecified atom stereocenters. The van der Waals surface area contributed by atoms with Gasteiger partial charge in [-0.1, -0.05) is 23.8 Å². The van der Waals surface area contributed by atoms with Gasteiger partial charge in [0.05, 0.1) is 24.7 Å². The summed E-state index contributed by atoms with van der Waals surface area (Å²) in [7, 11) is 0. The molecule has 22 heavy (non-hydrogen) atoms. The molecule has 4 nitrogen and oxygen atoms in total. The molecule has 1 aromatic carbocycles. The molecule has 0 aliphatic heterocycles. The van der Waals surface area contributed by atoms with Gasteiger partial charge >= 0.3 is 0 Å². The normalized spacial score (nSPS) is 10.0. The van der Waals surface area contributed by atoms with E-state index in [4.69, 9.17) is 5.26 Å². The van der Waals surface area contributed by atoms with Gasteiger partial charge in [-0.05, 0) is 37.6 Å². The minimum Gasteiger partial charge on any atom is -0.332 e. The average molecular weight is 293 g/mol. The van der Waals surface area contributed by atoms with E-state index in [0.717, 1.165) is 16.8 Å². The molecule has 2 aromatic rings. The molecular formula is C18H19N3O. The van der Waals surface area contributed by atoms with Crippen molar-refractivity contribution in [2.75, 3.05) is 6.54 Å². The average Bonchev–Trinajstić information content (AvgIpc) is 2.52. The van der Waals surface area contributed by atoms with Gasteiger partial charge in [-0.3, -0.25) is 9.78 Å². The predicted octanol–water partition coefficient (Wildman–Crippen LogP) is 3.25. The van der Waals surface area contributed by atoms with Crippen molar-refractivity contribution in [3.05, 3.63) is 65.0 Å². The van der Waals surface area contributed by atoms with E-state index < -0.39 is 0 Å². The maximum Gasteiger partial charge on any atom is 0.254 e. The minimum atomic E-state index is -0.0570. The van der Waals surface area contributed by atoms with Crippen LogP contribution < -0.4 is 0 Å². The molecule has 0 fully saturated rings. The van der Waals surface area contributed by atoms with E-state index in [1.807, 2.05) is 50.2 Å². The number of hydrogen-bond donors (Lipinski definition) is 0. The predicted molar refractivity (Wildman–Crippen MR) is 85.1 cm³/mol. The second-order valence-corrected chi connectivity index (χ2v) is 5.27. The zero-order chi connectivity index (χ0) is 15.9. The summed E-state index contributed by atoms with van der Waals surface area (Å²) in [4.78, 5) is 18.7. The van der Waals surface area contributed by atoms with Crippen molar-refractivity contribution < 1.29 is 4.79 Å². The Balaban J connectivity index is 2.24. The molecule has 0 aliphatic carbocycles. The zero-order valence-electron chi connectivity index (χ0n) is 12.9. The molecule has 0 radical (unpaired) electrons. The number of nitrogens with zero attached hydrogens (tertiary/aromatic N) is 3. The fourth-order valence-electron chi connectivity index (χ4n) is 2.35. The van der Waals surface area contributed by atoms with Gasteiger partial charge in [0, 0.05) is 18.3 Å². The number of hydrogen-bond acceptors (Lipinski definition) is 3. The Hall–Kier alpha value is -2.67. The van der Waals surface area contributed by atoms with Crippen molar-refractivity contribution in [2.45, 2.75) is 26.8 Å². The Labute approximate surface area is 131 Å². The van der Waals surface area contributed by atoms with Gasteiger partial charge in [0.15, 0.2) is 0 Å². The monoisotopic (exact) mass is 293 g/mol. The SMILES string of the molecule is Cc1ccc(C(=O)N(CCC#N)Cc2ccccn2)c(C)c1. The number of pyridine rings is 1. The number of aryl methyl sites for hydroxylation is 2. The number of amides is 1. The largest absolute Gasteiger partial charge is 0.332 e. The fourth-order valence-corrected chi connectivity index (χ4v) is 2.35. The van der Waals surface area contributed by atoms with Crippen molar-refractivity contribution in [1.82, 2.24) is 9.88 Å². The Morgan fingerprint density at radius 2 is 2.09 bits per heavy atom. The summed E-state index contributed by atoms with van der Waals surface area (Å²) in [5.41, 5.74) is 3.58. The van der Waals surface area contributed by atoms with Crippen LogP contribution in [0.5, 0.6) is 0 Å². The Kier molecular flexibility index (Phi) is 5.26. The van der Waals surface area contributed by atoms with Gasteiger partial charge in [-0.15, -0.1) is 0 Å². The molecule has 2 rings (SSSR count). The van der Waals surface area contributed by atoms with Gasteiger partial charge in [-0.25, -0.2) is 0 Å². The lowest BCUT2D eigenvalue weighted by Gasteiger charge is -2.22. The van der Waals surface area contributed by atoms with Crippen molar-refractivity contribution in [2.24, 2.45) is 0 Å². The summed E-state index contributed by atoms with van der Waals surface area (Å²) in [5.74, 6) is -0.0570. The van der Waals surface area contributed by atoms with E-state index in [-0.39, 0.29) is 5.91 Å². The van der Waals surface area contributed by atoms with Gasteiger partial charge in [0.2, 0.25) is 0 Å². The van der Waals surface area contributed by atoms with Crippen molar-refractivity contribution in [3.8, 4) is 6.07 Å². The highest BCUT2D eigenvalue weighted by Gasteiger charge is 2.18. The first kappa shape index (κ1) is 15.7. The van der Waals surface area contributed by atoms with Crippen LogP contribution in [0.25, 0.3) is 0 Å². The summed E-state index contributed by atoms with van der Waals surface area (Å²) < 4.78 is 0. The molecule has 0 atom stereocenters. The highest BCUT2D eigenvalue weighted by molar-refractivity contribution is 5.95. The molecule has 1 aromatic heterocycles. The molecule has 0 saturated heterocycles. The Bertz CT molecular complexity index is 689. The third kappa shape index (κ3) is 3.92. The van der Waals surface area contributed by atoms with E-state index in [1.54, 1.807) is 11.1 Å². The van der Waals surface area contributed by atoms with E-state index in [2.05, 4.69) is 11.1 Å². The molecule has 0 bridgehead atoms. The highest BCUT2D eigenvalue weighted by atomic mass is 16.2. The molecule has 0 N–H and O–H groups in total. The second-order valence-electron chi connectivity index (χ2n) is 5.27. The van der Waals surface area contributed by atoms with E-state index in [0.29, 0.717) is 25.1 Å². The standard InChI is InChI=1S/C18H19N3O/c1-14-7-8-17(15(2)12-14)18(22)21(11-5-9-19)13-16-6-3-4-10-20-16/h3-4,6-8,10,12H,5,11,13H2,1-2H3. The van der Waals surface area contributed by atoms with Crippen LogP contribution in [-0.2, 0) is 6.54 Å². The third-order valence-corrected chi connectivity index (χ3v) is 3.47. The Morgan fingerprint density at radius 3 is 2.73 bits per heavy atom. The first-order valence-corrected chi connectivity index (χ1v) is 7.25. The van der Waals surface area contributed by atoms with Crippen molar-refractivity contribution in [1.29, 1.82) is 5.26 Å². The quantitative estimate of drug-likeness (QED) is 0.850. The van der Waals surface area contributed by atoms with Crippen LogP contribution in [0.1, 0.15) is 33.6 Å². The second kappa shape index (κ2) is 7.37. The molecule has 0 saturated carbocycles. The number of carbonyl (C=O) groups excluding carboxylic acids is 1. The maximum absolute atomic E-state index is 12.8. The van der Waals surface area contributed by atoms with Crippen LogP contribution in [0.2, 0.25) is 0 Å². The summed E-state index contributed by atoms with van der Waals surface area (Å²) >= 11 is 0. The van der Waals surface area contributed by atoms with Crippen molar-refractivity contribution >= 4 is 5.91 Å². The molecule has 1 amide bonds. The van der Waals surface area contributed by atoms with Gasteiger partial charge in [0.25, 0.3) is 5.91 Å². The van der Waals surface area contributed by atoms with E-state index in [9.17, 15) is 4.79 Å². The highest BCUT2D eigenvalue weighted by Crippen LogP contribution is 2.15. The Morgan fingerprint density at radius 1 is 1.27 bits per heavy atom. The first-order chi connectivity index (χ1) is 10.6. The van der Waals surface area contributed by atoms with Gasteiger partial charge in [-0.2, -0.15) is 5.26 Å². The maximum atomic E-state index is 12.8. The molecule has 0 aliphatic rings. The van der Waals surface area contributed by atoms with Crippen LogP contribution in [-0.4, -0.2) is 22.3 Å². The molecular weight excluding hydrogens is 274 g/mol. The van der Waals surface area contributed by atoms with Crippen LogP contribution in [0.15, 0.2) is 42.6 Å². The lowest BCUT2D eigenvalue weighted by molar-refractivity contribution is 0.0744. The molecule has 0 spiro atoms. The number of rotatable bonds is 5. The van der Waals surface area contributed by atoms with Crippen molar-refractivity contribution in [3.63, 3.8) is 0 Å². The number of carbonyl (C=O) groups is 1. The topological polar surface area (TPSA) is 57.0 Å². The van der Waals surface area contributed by atoms with Crippen LogP contribution in [0, 0.1) is 25.2 Å². The fraction of sp³-hybridized carbons (Fsp3) is 0.278. The number of benzene rings is 1. The lowest BCUT2D eigenvalue weighted by Crippen LogP contribution is -2.32.